The number of aliphatic hydroxyl groups excluding tert-OH is 2. The number of carbonyl (C=O) groups is 6. The lowest BCUT2D eigenvalue weighted by Gasteiger charge is -2.25. The van der Waals surface area contributed by atoms with Gasteiger partial charge in [0.15, 0.2) is 0 Å². The number of aliphatic hydroxyl groups is 2. The molecule has 0 amide bonds. The Morgan fingerprint density at radius 3 is 1.69 bits per heavy atom. The van der Waals surface area contributed by atoms with E-state index in [-0.39, 0.29) is 78.3 Å². The number of hydrogen-bond donors (Lipinski definition) is 3. The number of ketones is 3. The van der Waals surface area contributed by atoms with Gasteiger partial charge in [-0.15, -0.1) is 0 Å². The van der Waals surface area contributed by atoms with E-state index >= 15 is 0 Å². The fourth-order valence-corrected chi connectivity index (χ4v) is 8.00. The predicted molar refractivity (Wildman–Crippen MR) is 244 cm³/mol. The van der Waals surface area contributed by atoms with E-state index < -0.39 is 35.1 Å². The summed E-state index contributed by atoms with van der Waals surface area (Å²) < 4.78 is 11.5. The van der Waals surface area contributed by atoms with Crippen LogP contribution in [0, 0.1) is 34.5 Å². The molecule has 2 saturated carbocycles. The molecule has 2 fully saturated rings. The Kier molecular flexibility index (Phi) is 27.5. The van der Waals surface area contributed by atoms with E-state index in [0.717, 1.165) is 96.3 Å². The van der Waals surface area contributed by atoms with Crippen molar-refractivity contribution in [3.8, 4) is 0 Å². The van der Waals surface area contributed by atoms with Crippen LogP contribution < -0.4 is 0 Å². The summed E-state index contributed by atoms with van der Waals surface area (Å²) in [7, 11) is 0. The van der Waals surface area contributed by atoms with Crippen molar-refractivity contribution < 1.29 is 53.6 Å². The van der Waals surface area contributed by atoms with Crippen molar-refractivity contribution in [1.82, 2.24) is 0 Å². The van der Waals surface area contributed by atoms with Gasteiger partial charge in [0.25, 0.3) is 0 Å². The molecule has 0 saturated heterocycles. The van der Waals surface area contributed by atoms with Crippen LogP contribution in [0.5, 0.6) is 0 Å². The molecule has 62 heavy (non-hydrogen) atoms. The largest absolute Gasteiger partial charge is 0.481 e. The lowest BCUT2D eigenvalue weighted by molar-refractivity contribution is -0.160. The van der Waals surface area contributed by atoms with Crippen molar-refractivity contribution >= 4 is 35.3 Å². The highest BCUT2D eigenvalue weighted by atomic mass is 16.5. The Morgan fingerprint density at radius 1 is 0.661 bits per heavy atom. The Labute approximate surface area is 374 Å². The molecular weight excluding hydrogens is 789 g/mol. The van der Waals surface area contributed by atoms with E-state index in [1.54, 1.807) is 33.8 Å². The Bertz CT molecular complexity index is 1420. The van der Waals surface area contributed by atoms with Crippen LogP contribution in [0.4, 0.5) is 0 Å². The van der Waals surface area contributed by atoms with Crippen LogP contribution in [0.2, 0.25) is 0 Å². The zero-order valence-corrected chi connectivity index (χ0v) is 40.1. The van der Waals surface area contributed by atoms with Crippen LogP contribution in [0.1, 0.15) is 204 Å². The Morgan fingerprint density at radius 2 is 1.16 bits per heavy atom. The molecule has 0 aromatic heterocycles. The lowest BCUT2D eigenvalue weighted by atomic mass is 9.88. The first-order valence-electron chi connectivity index (χ1n) is 24.0. The molecule has 11 heteroatoms. The zero-order chi connectivity index (χ0) is 46.9. The summed E-state index contributed by atoms with van der Waals surface area (Å²) in [6.07, 6.45) is 22.8. The lowest BCUT2D eigenvalue weighted by Crippen LogP contribution is -2.31. The van der Waals surface area contributed by atoms with Crippen molar-refractivity contribution in [2.75, 3.05) is 0 Å². The van der Waals surface area contributed by atoms with Gasteiger partial charge in [-0.25, -0.2) is 0 Å². The molecule has 3 N–H and O–H groups in total. The summed E-state index contributed by atoms with van der Waals surface area (Å²) in [6.45, 7) is 16.8. The number of hydrogen-bond acceptors (Lipinski definition) is 10. The molecule has 2 aliphatic rings. The zero-order valence-electron chi connectivity index (χ0n) is 40.1. The summed E-state index contributed by atoms with van der Waals surface area (Å²) in [5, 5.41) is 29.5. The van der Waals surface area contributed by atoms with Crippen molar-refractivity contribution in [3.63, 3.8) is 0 Å². The standard InChI is InChI=1S/C26H44O5.C25H42O6/c1-6-7-10-14-20(31-25(30)26(3,4)5)16-17-22-21(23(28)18-24(22)29)15-12-9-8-11-13-19(2)27;1-5-6-9-12-18(26)15-16-20-19(13-10-7-8-11-14-23(28)29)21(27)17-22(20)31-24(30)25(2,3)4/h16-17,20-22,24,29H,6-15,18H2,1-5H3;15-16,18-20,22,26H,5-14,17H2,1-4H3,(H,28,29)/b17-16+;16-15+/t20-,21+,22+,24+;18-,19+,20+,22+/m00/s1. The summed E-state index contributed by atoms with van der Waals surface area (Å²) in [5.74, 6) is -1.72. The van der Waals surface area contributed by atoms with Crippen LogP contribution in [-0.2, 0) is 38.2 Å². The maximum atomic E-state index is 12.7. The van der Waals surface area contributed by atoms with Crippen LogP contribution >= 0.6 is 0 Å². The maximum absolute atomic E-state index is 12.7. The van der Waals surface area contributed by atoms with Crippen LogP contribution in [0.15, 0.2) is 24.3 Å². The van der Waals surface area contributed by atoms with Crippen LogP contribution in [0.3, 0.4) is 0 Å². The van der Waals surface area contributed by atoms with Gasteiger partial charge >= 0.3 is 17.9 Å². The SMILES string of the molecule is CCCCC[C@@H](/C=C/[C@H]1[C@H](O)CC(=O)[C@@H]1CCCCCCC(C)=O)OC(=O)C(C)(C)C.CCCCC[C@H](O)/C=C/[C@H]1[C@H](OC(=O)C(C)(C)C)CC(=O)[C@@H]1CCCCCCC(=O)O. The minimum absolute atomic E-state index is 0.104. The van der Waals surface area contributed by atoms with Crippen LogP contribution in [0.25, 0.3) is 0 Å². The Hall–Kier alpha value is -3.18. The fraction of sp³-hybridized carbons (Fsp3) is 0.804. The number of aliphatic carboxylic acids is 1. The molecule has 356 valence electrons. The van der Waals surface area contributed by atoms with Gasteiger partial charge in [-0.05, 0) is 99.5 Å². The van der Waals surface area contributed by atoms with Gasteiger partial charge < -0.3 is 29.6 Å². The Balaban J connectivity index is 0.000000620. The second kappa shape index (κ2) is 30.0. The van der Waals surface area contributed by atoms with E-state index in [9.17, 15) is 39.0 Å². The van der Waals surface area contributed by atoms with Crippen molar-refractivity contribution in [3.05, 3.63) is 24.3 Å². The number of esters is 2. The monoisotopic (exact) mass is 875 g/mol. The third-order valence-corrected chi connectivity index (χ3v) is 11.9. The average Bonchev–Trinajstić information content (AvgIpc) is 3.62. The number of carboxylic acid groups (broad SMARTS) is 1. The molecule has 11 nitrogen and oxygen atoms in total. The number of Topliss-reactive ketones (excluding diaryl/α,β-unsaturated/α-hetero) is 3. The third-order valence-electron chi connectivity index (χ3n) is 11.9. The normalized spacial score (nSPS) is 22.8. The van der Waals surface area contributed by atoms with Crippen molar-refractivity contribution in [2.45, 2.75) is 228 Å². The molecule has 0 unspecified atom stereocenters. The molecule has 2 aliphatic carbocycles. The molecule has 0 heterocycles. The molecule has 0 radical (unpaired) electrons. The fourth-order valence-electron chi connectivity index (χ4n) is 8.00. The summed E-state index contributed by atoms with van der Waals surface area (Å²) in [6, 6.07) is 0. The number of rotatable bonds is 28. The first-order chi connectivity index (χ1) is 29.1. The highest BCUT2D eigenvalue weighted by molar-refractivity contribution is 5.86. The summed E-state index contributed by atoms with van der Waals surface area (Å²) in [4.78, 5) is 71.6. The van der Waals surface area contributed by atoms with Crippen molar-refractivity contribution in [1.29, 1.82) is 0 Å². The molecule has 0 aromatic carbocycles. The number of carbonyl (C=O) groups excluding carboxylic acids is 5. The first-order valence-corrected chi connectivity index (χ1v) is 24.0. The van der Waals surface area contributed by atoms with Gasteiger partial charge in [0, 0.05) is 49.4 Å². The van der Waals surface area contributed by atoms with E-state index in [2.05, 4.69) is 13.8 Å². The summed E-state index contributed by atoms with van der Waals surface area (Å²) >= 11 is 0. The topological polar surface area (TPSA) is 182 Å². The van der Waals surface area contributed by atoms with Gasteiger partial charge in [-0.1, -0.05) is 103 Å². The van der Waals surface area contributed by atoms with Gasteiger partial charge in [-0.2, -0.15) is 0 Å². The highest BCUT2D eigenvalue weighted by Crippen LogP contribution is 2.38. The molecular formula is C51H86O11. The van der Waals surface area contributed by atoms with Gasteiger partial charge in [0.1, 0.15) is 29.6 Å². The quantitative estimate of drug-likeness (QED) is 0.0386. The van der Waals surface area contributed by atoms with E-state index in [1.165, 1.54) is 0 Å². The van der Waals surface area contributed by atoms with Crippen molar-refractivity contribution in [2.24, 2.45) is 34.5 Å². The number of ether oxygens (including phenoxy) is 2. The second-order valence-electron chi connectivity index (χ2n) is 20.0. The molecule has 2 rings (SSSR count). The van der Waals surface area contributed by atoms with Gasteiger partial charge in [0.05, 0.1) is 23.0 Å². The van der Waals surface area contributed by atoms with E-state index in [4.69, 9.17) is 14.6 Å². The molecule has 0 spiro atoms. The smallest absolute Gasteiger partial charge is 0.311 e. The minimum atomic E-state index is -0.780. The molecule has 0 aromatic rings. The molecule has 8 atom stereocenters. The van der Waals surface area contributed by atoms with E-state index in [1.807, 2.05) is 39.0 Å². The predicted octanol–water partition coefficient (Wildman–Crippen LogP) is 10.6. The maximum Gasteiger partial charge on any atom is 0.311 e. The number of carboxylic acids is 1. The van der Waals surface area contributed by atoms with E-state index in [0.29, 0.717) is 25.7 Å². The van der Waals surface area contributed by atoms with Gasteiger partial charge in [0.2, 0.25) is 0 Å². The number of unbranched alkanes of at least 4 members (excludes halogenated alkanes) is 10. The summed E-state index contributed by atoms with van der Waals surface area (Å²) in [5.41, 5.74) is -1.20. The van der Waals surface area contributed by atoms with Crippen LogP contribution in [-0.4, -0.2) is 75.0 Å². The molecule has 0 aliphatic heterocycles. The first kappa shape index (κ1) is 56.8. The minimum Gasteiger partial charge on any atom is -0.481 e. The second-order valence-corrected chi connectivity index (χ2v) is 20.0. The van der Waals surface area contributed by atoms with Gasteiger partial charge in [-0.3, -0.25) is 24.0 Å². The molecule has 0 bridgehead atoms. The third kappa shape index (κ3) is 23.5. The highest BCUT2D eigenvalue weighted by Gasteiger charge is 2.44. The average molecular weight is 875 g/mol.